The number of hydrogen-bond donors (Lipinski definition) is 2. The predicted octanol–water partition coefficient (Wildman–Crippen LogP) is 4.23. The summed E-state index contributed by atoms with van der Waals surface area (Å²) >= 11 is 0. The van der Waals surface area contributed by atoms with E-state index in [-0.39, 0.29) is 0 Å². The first-order valence-electron chi connectivity index (χ1n) is 10.2. The Labute approximate surface area is 171 Å². The van der Waals surface area contributed by atoms with Gasteiger partial charge < -0.3 is 15.0 Å². The lowest BCUT2D eigenvalue weighted by molar-refractivity contribution is -0.000413. The molecule has 6 heteroatoms. The van der Waals surface area contributed by atoms with Crippen LogP contribution in [0.15, 0.2) is 42.7 Å². The van der Waals surface area contributed by atoms with E-state index in [1.807, 2.05) is 54.9 Å². The number of fused-ring (bicyclic) bond motifs is 1. The molecule has 2 N–H and O–H groups in total. The molecule has 0 aliphatic heterocycles. The molecule has 0 amide bonds. The summed E-state index contributed by atoms with van der Waals surface area (Å²) in [6.45, 7) is 3.81. The van der Waals surface area contributed by atoms with E-state index in [2.05, 4.69) is 16.4 Å². The highest BCUT2D eigenvalue weighted by atomic mass is 16.3. The molecule has 0 saturated heterocycles. The number of aromatic nitrogens is 3. The third kappa shape index (κ3) is 4.10. The van der Waals surface area contributed by atoms with Crippen molar-refractivity contribution in [3.63, 3.8) is 0 Å². The van der Waals surface area contributed by atoms with E-state index in [0.29, 0.717) is 24.3 Å². The fourth-order valence-corrected chi connectivity index (χ4v) is 4.35. The van der Waals surface area contributed by atoms with Crippen molar-refractivity contribution in [2.45, 2.75) is 57.6 Å². The molecular weight excluding hydrogens is 362 g/mol. The van der Waals surface area contributed by atoms with Crippen LogP contribution in [0.4, 0.5) is 5.95 Å². The topological polar surface area (TPSA) is 86.8 Å². The van der Waals surface area contributed by atoms with Gasteiger partial charge in [0.05, 0.1) is 23.6 Å². The molecule has 29 heavy (non-hydrogen) atoms. The summed E-state index contributed by atoms with van der Waals surface area (Å²) in [6.07, 6.45) is 8.18. The zero-order chi connectivity index (χ0) is 20.4. The second-order valence-corrected chi connectivity index (χ2v) is 8.46. The second kappa shape index (κ2) is 7.84. The predicted molar refractivity (Wildman–Crippen MR) is 114 cm³/mol. The highest BCUT2D eigenvalue weighted by Crippen LogP contribution is 2.33. The summed E-state index contributed by atoms with van der Waals surface area (Å²) in [5, 5.41) is 23.8. The molecule has 1 aromatic carbocycles. The molecule has 0 atom stereocenters. The van der Waals surface area contributed by atoms with Gasteiger partial charge in [-0.15, -0.1) is 0 Å². The first kappa shape index (κ1) is 19.4. The van der Waals surface area contributed by atoms with Gasteiger partial charge in [0, 0.05) is 23.8 Å². The monoisotopic (exact) mass is 389 g/mol. The molecule has 6 nitrogen and oxygen atoms in total. The van der Waals surface area contributed by atoms with E-state index in [1.165, 1.54) is 0 Å². The third-order valence-electron chi connectivity index (χ3n) is 6.04. The smallest absolute Gasteiger partial charge is 0.224 e. The number of benzene rings is 1. The van der Waals surface area contributed by atoms with Crippen molar-refractivity contribution in [1.82, 2.24) is 14.5 Å². The number of anilines is 1. The standard InChI is InChI=1S/C23H27N5O/c1-23(2,29)17-6-8-18(9-7-17)26-22-25-14-11-21(27-22)28-15-12-19-16(10-13-24)4-3-5-20(19)28/h3-5,11-12,14-15,17-18,29H,6-10H2,1-2H3,(H,25,26,27)/t17-,18-. The van der Waals surface area contributed by atoms with Crippen molar-refractivity contribution in [3.8, 4) is 11.9 Å². The second-order valence-electron chi connectivity index (χ2n) is 8.46. The molecule has 3 aromatic rings. The molecule has 2 heterocycles. The Morgan fingerprint density at radius 3 is 2.72 bits per heavy atom. The SMILES string of the molecule is CC(C)(O)[C@H]1CC[C@H](Nc2nccc(-n3ccc4c(CC#N)cccc43)n2)CC1. The number of hydrogen-bond acceptors (Lipinski definition) is 5. The van der Waals surface area contributed by atoms with Crippen molar-refractivity contribution >= 4 is 16.9 Å². The summed E-state index contributed by atoms with van der Waals surface area (Å²) in [5.41, 5.74) is 1.45. The molecule has 0 unspecified atom stereocenters. The van der Waals surface area contributed by atoms with E-state index in [4.69, 9.17) is 10.2 Å². The summed E-state index contributed by atoms with van der Waals surface area (Å²) < 4.78 is 2.04. The van der Waals surface area contributed by atoms with Crippen LogP contribution >= 0.6 is 0 Å². The molecule has 4 rings (SSSR count). The zero-order valence-electron chi connectivity index (χ0n) is 17.0. The first-order valence-corrected chi connectivity index (χ1v) is 10.2. The fourth-order valence-electron chi connectivity index (χ4n) is 4.35. The Balaban J connectivity index is 1.52. The third-order valence-corrected chi connectivity index (χ3v) is 6.04. The molecule has 1 aliphatic rings. The molecule has 1 saturated carbocycles. The minimum Gasteiger partial charge on any atom is -0.390 e. The van der Waals surface area contributed by atoms with Gasteiger partial charge in [0.1, 0.15) is 5.82 Å². The summed E-state index contributed by atoms with van der Waals surface area (Å²) in [4.78, 5) is 9.14. The van der Waals surface area contributed by atoms with E-state index in [9.17, 15) is 5.11 Å². The van der Waals surface area contributed by atoms with E-state index < -0.39 is 5.60 Å². The maximum atomic E-state index is 10.2. The fraction of sp³-hybridized carbons (Fsp3) is 0.435. The zero-order valence-corrected chi connectivity index (χ0v) is 17.0. The Morgan fingerprint density at radius 2 is 2.00 bits per heavy atom. The van der Waals surface area contributed by atoms with E-state index >= 15 is 0 Å². The van der Waals surface area contributed by atoms with Crippen molar-refractivity contribution < 1.29 is 5.11 Å². The van der Waals surface area contributed by atoms with Crippen molar-refractivity contribution in [1.29, 1.82) is 5.26 Å². The Morgan fingerprint density at radius 1 is 1.21 bits per heavy atom. The van der Waals surface area contributed by atoms with Crippen LogP contribution in [-0.2, 0) is 6.42 Å². The van der Waals surface area contributed by atoms with Gasteiger partial charge in [-0.05, 0) is 69.2 Å². The minimum atomic E-state index is -0.610. The van der Waals surface area contributed by atoms with Crippen molar-refractivity contribution in [2.24, 2.45) is 5.92 Å². The van der Waals surface area contributed by atoms with Gasteiger partial charge in [-0.3, -0.25) is 0 Å². The maximum absolute atomic E-state index is 10.2. The molecule has 2 aromatic heterocycles. The molecule has 150 valence electrons. The average molecular weight is 390 g/mol. The minimum absolute atomic E-state index is 0.326. The van der Waals surface area contributed by atoms with Gasteiger partial charge in [0.2, 0.25) is 5.95 Å². The van der Waals surface area contributed by atoms with Gasteiger partial charge in [-0.1, -0.05) is 12.1 Å². The van der Waals surface area contributed by atoms with Gasteiger partial charge >= 0.3 is 0 Å². The van der Waals surface area contributed by atoms with Crippen LogP contribution in [0.3, 0.4) is 0 Å². The number of nitrogens with zero attached hydrogens (tertiary/aromatic N) is 4. The van der Waals surface area contributed by atoms with Crippen LogP contribution in [-0.4, -0.2) is 31.3 Å². The summed E-state index contributed by atoms with van der Waals surface area (Å²) in [6, 6.07) is 12.5. The highest BCUT2D eigenvalue weighted by molar-refractivity contribution is 5.85. The van der Waals surface area contributed by atoms with Crippen LogP contribution in [0.5, 0.6) is 0 Å². The number of nitriles is 1. The number of rotatable bonds is 5. The van der Waals surface area contributed by atoms with Gasteiger partial charge in [0.15, 0.2) is 0 Å². The molecule has 0 spiro atoms. The van der Waals surface area contributed by atoms with Gasteiger partial charge in [0.25, 0.3) is 0 Å². The van der Waals surface area contributed by atoms with Gasteiger partial charge in [-0.25, -0.2) is 4.98 Å². The van der Waals surface area contributed by atoms with Crippen LogP contribution in [0.2, 0.25) is 0 Å². The highest BCUT2D eigenvalue weighted by Gasteiger charge is 2.31. The Bertz CT molecular complexity index is 1040. The summed E-state index contributed by atoms with van der Waals surface area (Å²) in [7, 11) is 0. The van der Waals surface area contributed by atoms with Crippen LogP contribution in [0.1, 0.15) is 45.1 Å². The van der Waals surface area contributed by atoms with Crippen LogP contribution < -0.4 is 5.32 Å². The van der Waals surface area contributed by atoms with Crippen molar-refractivity contribution in [2.75, 3.05) is 5.32 Å². The van der Waals surface area contributed by atoms with E-state index in [1.54, 1.807) is 6.20 Å². The Kier molecular flexibility index (Phi) is 5.25. The molecule has 0 radical (unpaired) electrons. The van der Waals surface area contributed by atoms with Crippen LogP contribution in [0.25, 0.3) is 16.7 Å². The molecule has 1 fully saturated rings. The normalized spacial score (nSPS) is 19.8. The summed E-state index contributed by atoms with van der Waals surface area (Å²) in [5.74, 6) is 1.78. The average Bonchev–Trinajstić information content (AvgIpc) is 3.13. The van der Waals surface area contributed by atoms with Crippen LogP contribution in [0, 0.1) is 17.2 Å². The lowest BCUT2D eigenvalue weighted by Gasteiger charge is -2.36. The molecule has 0 bridgehead atoms. The lowest BCUT2D eigenvalue weighted by Crippen LogP contribution is -2.37. The number of nitrogens with one attached hydrogen (secondary N) is 1. The molecule has 1 aliphatic carbocycles. The lowest BCUT2D eigenvalue weighted by atomic mass is 9.77. The quantitative estimate of drug-likeness (QED) is 0.682. The first-order chi connectivity index (χ1) is 14.0. The van der Waals surface area contributed by atoms with Gasteiger partial charge in [-0.2, -0.15) is 10.2 Å². The van der Waals surface area contributed by atoms with Crippen molar-refractivity contribution in [3.05, 3.63) is 48.3 Å². The van der Waals surface area contributed by atoms with E-state index in [0.717, 1.165) is 48.0 Å². The Hall–Kier alpha value is -2.91. The molecular formula is C23H27N5O. The largest absolute Gasteiger partial charge is 0.390 e. The maximum Gasteiger partial charge on any atom is 0.224 e. The number of aliphatic hydroxyl groups is 1.